The smallest absolute Gasteiger partial charge is 0.278 e. The van der Waals surface area contributed by atoms with Gasteiger partial charge in [-0.1, -0.05) is 6.07 Å². The second-order valence-electron chi connectivity index (χ2n) is 6.44. The summed E-state index contributed by atoms with van der Waals surface area (Å²) in [7, 11) is 3.10. The number of carbonyl (C=O) groups excluding carboxylic acids is 1. The largest absolute Gasteiger partial charge is 0.481 e. The SMILES string of the molecule is COCCN(C(=O)c1cnc(-c2ccc(C#N)cc2C)cn1)c1ccc(OC)nc1. The molecule has 30 heavy (non-hydrogen) atoms. The number of anilines is 1. The van der Waals surface area contributed by atoms with Crippen molar-refractivity contribution in [3.05, 3.63) is 65.7 Å². The number of nitrogens with zero attached hydrogens (tertiary/aromatic N) is 5. The van der Waals surface area contributed by atoms with E-state index in [2.05, 4.69) is 21.0 Å². The van der Waals surface area contributed by atoms with Crippen molar-refractivity contribution in [2.45, 2.75) is 6.92 Å². The number of hydrogen-bond acceptors (Lipinski definition) is 7. The lowest BCUT2D eigenvalue weighted by atomic mass is 10.0. The van der Waals surface area contributed by atoms with Crippen LogP contribution >= 0.6 is 0 Å². The lowest BCUT2D eigenvalue weighted by Gasteiger charge is -2.22. The first-order valence-electron chi connectivity index (χ1n) is 9.21. The second kappa shape index (κ2) is 9.58. The van der Waals surface area contributed by atoms with Crippen LogP contribution in [-0.2, 0) is 4.74 Å². The third kappa shape index (κ3) is 4.59. The second-order valence-corrected chi connectivity index (χ2v) is 6.44. The molecule has 0 aliphatic rings. The Labute approximate surface area is 174 Å². The van der Waals surface area contributed by atoms with Crippen LogP contribution < -0.4 is 9.64 Å². The van der Waals surface area contributed by atoms with Gasteiger partial charge in [-0.25, -0.2) is 9.97 Å². The minimum Gasteiger partial charge on any atom is -0.481 e. The molecule has 0 aliphatic heterocycles. The van der Waals surface area contributed by atoms with Gasteiger partial charge in [-0.3, -0.25) is 9.78 Å². The molecule has 0 unspecified atom stereocenters. The number of methoxy groups -OCH3 is 2. The van der Waals surface area contributed by atoms with E-state index in [9.17, 15) is 4.79 Å². The van der Waals surface area contributed by atoms with Crippen LogP contribution in [0.5, 0.6) is 5.88 Å². The van der Waals surface area contributed by atoms with Crippen LogP contribution in [0.1, 0.15) is 21.6 Å². The average molecular weight is 403 g/mol. The Morgan fingerprint density at radius 2 is 1.93 bits per heavy atom. The number of pyridine rings is 1. The Hall–Kier alpha value is -3.83. The maximum atomic E-state index is 13.1. The summed E-state index contributed by atoms with van der Waals surface area (Å²) in [6.07, 6.45) is 4.57. The fraction of sp³-hybridized carbons (Fsp3) is 0.227. The zero-order chi connectivity index (χ0) is 21.5. The molecular weight excluding hydrogens is 382 g/mol. The molecule has 0 aliphatic carbocycles. The fourth-order valence-electron chi connectivity index (χ4n) is 2.92. The summed E-state index contributed by atoms with van der Waals surface area (Å²) in [6, 6.07) is 10.9. The van der Waals surface area contributed by atoms with Gasteiger partial charge in [0.25, 0.3) is 5.91 Å². The van der Waals surface area contributed by atoms with Crippen LogP contribution in [0.25, 0.3) is 11.3 Å². The Morgan fingerprint density at radius 1 is 1.10 bits per heavy atom. The van der Waals surface area contributed by atoms with Crippen molar-refractivity contribution in [1.82, 2.24) is 15.0 Å². The first kappa shape index (κ1) is 20.9. The van der Waals surface area contributed by atoms with Gasteiger partial charge in [-0.15, -0.1) is 0 Å². The molecule has 1 aromatic carbocycles. The van der Waals surface area contributed by atoms with Crippen molar-refractivity contribution in [2.24, 2.45) is 0 Å². The van der Waals surface area contributed by atoms with Gasteiger partial charge < -0.3 is 14.4 Å². The molecule has 0 spiro atoms. The summed E-state index contributed by atoms with van der Waals surface area (Å²) >= 11 is 0. The lowest BCUT2D eigenvalue weighted by Crippen LogP contribution is -2.34. The zero-order valence-corrected chi connectivity index (χ0v) is 17.0. The number of carbonyl (C=O) groups is 1. The predicted octanol–water partition coefficient (Wildman–Crippen LogP) is 3.02. The van der Waals surface area contributed by atoms with Gasteiger partial charge in [0.1, 0.15) is 5.69 Å². The number of nitriles is 1. The van der Waals surface area contributed by atoms with E-state index < -0.39 is 0 Å². The highest BCUT2D eigenvalue weighted by Crippen LogP contribution is 2.23. The first-order chi connectivity index (χ1) is 14.6. The van der Waals surface area contributed by atoms with Gasteiger partial charge in [-0.2, -0.15) is 5.26 Å². The van der Waals surface area contributed by atoms with Gasteiger partial charge in [0.2, 0.25) is 5.88 Å². The minimum absolute atomic E-state index is 0.206. The van der Waals surface area contributed by atoms with Crippen molar-refractivity contribution in [3.8, 4) is 23.2 Å². The van der Waals surface area contributed by atoms with Crippen molar-refractivity contribution >= 4 is 11.6 Å². The van der Waals surface area contributed by atoms with Crippen molar-refractivity contribution in [2.75, 3.05) is 32.3 Å². The topological polar surface area (TPSA) is 101 Å². The van der Waals surface area contributed by atoms with E-state index in [1.807, 2.05) is 13.0 Å². The highest BCUT2D eigenvalue weighted by atomic mass is 16.5. The molecule has 3 aromatic rings. The molecule has 0 saturated heterocycles. The van der Waals surface area contributed by atoms with Crippen LogP contribution in [0.15, 0.2) is 48.9 Å². The molecule has 0 saturated carbocycles. The molecule has 152 valence electrons. The van der Waals surface area contributed by atoms with Gasteiger partial charge in [0.15, 0.2) is 0 Å². The van der Waals surface area contributed by atoms with E-state index in [1.54, 1.807) is 43.8 Å². The van der Waals surface area contributed by atoms with E-state index in [0.29, 0.717) is 36.0 Å². The summed E-state index contributed by atoms with van der Waals surface area (Å²) < 4.78 is 10.2. The highest BCUT2D eigenvalue weighted by molar-refractivity contribution is 6.04. The number of aryl methyl sites for hydroxylation is 1. The van der Waals surface area contributed by atoms with Crippen LogP contribution in [-0.4, -0.2) is 48.2 Å². The number of hydrogen-bond donors (Lipinski definition) is 0. The molecule has 3 rings (SSSR count). The minimum atomic E-state index is -0.311. The van der Waals surface area contributed by atoms with Gasteiger partial charge in [-0.05, 0) is 30.7 Å². The first-order valence-corrected chi connectivity index (χ1v) is 9.21. The Kier molecular flexibility index (Phi) is 6.67. The van der Waals surface area contributed by atoms with Gasteiger partial charge in [0.05, 0.1) is 55.3 Å². The molecule has 1 amide bonds. The number of rotatable bonds is 7. The average Bonchev–Trinajstić information content (AvgIpc) is 2.79. The van der Waals surface area contributed by atoms with Crippen LogP contribution in [0.3, 0.4) is 0 Å². The Bertz CT molecular complexity index is 1060. The molecule has 8 heteroatoms. The predicted molar refractivity (Wildman–Crippen MR) is 111 cm³/mol. The molecular formula is C22H21N5O3. The normalized spacial score (nSPS) is 10.3. The lowest BCUT2D eigenvalue weighted by molar-refractivity contribution is 0.0970. The standard InChI is InChI=1S/C22H21N5O3/c1-15-10-16(11-23)4-6-18(15)19-13-25-20(14-24-19)22(28)27(8-9-29-2)17-5-7-21(30-3)26-12-17/h4-7,10,12-14H,8-9H2,1-3H3. The molecule has 0 radical (unpaired) electrons. The van der Waals surface area contributed by atoms with E-state index in [4.69, 9.17) is 14.7 Å². The van der Waals surface area contributed by atoms with Gasteiger partial charge >= 0.3 is 0 Å². The summed E-state index contributed by atoms with van der Waals surface area (Å²) in [5, 5.41) is 9.02. The third-order valence-corrected chi connectivity index (χ3v) is 4.51. The monoisotopic (exact) mass is 403 g/mol. The maximum absolute atomic E-state index is 13.1. The zero-order valence-electron chi connectivity index (χ0n) is 17.0. The third-order valence-electron chi connectivity index (χ3n) is 4.51. The summed E-state index contributed by atoms with van der Waals surface area (Å²) in [5.41, 5.74) is 3.79. The summed E-state index contributed by atoms with van der Waals surface area (Å²) in [4.78, 5) is 27.5. The van der Waals surface area contributed by atoms with E-state index in [0.717, 1.165) is 11.1 Å². The van der Waals surface area contributed by atoms with Crippen LogP contribution in [0.2, 0.25) is 0 Å². The number of amides is 1. The van der Waals surface area contributed by atoms with Crippen molar-refractivity contribution < 1.29 is 14.3 Å². The molecule has 0 atom stereocenters. The molecule has 0 N–H and O–H groups in total. The Balaban J connectivity index is 1.87. The highest BCUT2D eigenvalue weighted by Gasteiger charge is 2.20. The summed E-state index contributed by atoms with van der Waals surface area (Å²) in [5.74, 6) is 0.148. The molecule has 0 bridgehead atoms. The fourth-order valence-corrected chi connectivity index (χ4v) is 2.92. The number of benzene rings is 1. The van der Waals surface area contributed by atoms with E-state index >= 15 is 0 Å². The molecule has 0 fully saturated rings. The van der Waals surface area contributed by atoms with Crippen molar-refractivity contribution in [1.29, 1.82) is 5.26 Å². The van der Waals surface area contributed by atoms with E-state index in [1.165, 1.54) is 18.2 Å². The number of ether oxygens (including phenoxy) is 2. The summed E-state index contributed by atoms with van der Waals surface area (Å²) in [6.45, 7) is 2.59. The van der Waals surface area contributed by atoms with E-state index in [-0.39, 0.29) is 11.6 Å². The molecule has 2 heterocycles. The molecule has 2 aromatic heterocycles. The van der Waals surface area contributed by atoms with Crippen molar-refractivity contribution in [3.63, 3.8) is 0 Å². The van der Waals surface area contributed by atoms with Crippen LogP contribution in [0.4, 0.5) is 5.69 Å². The van der Waals surface area contributed by atoms with Gasteiger partial charge in [0, 0.05) is 25.3 Å². The number of aromatic nitrogens is 3. The molecule has 8 nitrogen and oxygen atoms in total. The Morgan fingerprint density at radius 3 is 2.50 bits per heavy atom. The quantitative estimate of drug-likeness (QED) is 0.597. The van der Waals surface area contributed by atoms with Crippen LogP contribution in [0, 0.1) is 18.3 Å². The maximum Gasteiger partial charge on any atom is 0.278 e.